The van der Waals surface area contributed by atoms with Crippen molar-refractivity contribution in [1.29, 1.82) is 0 Å². The number of hydrogen-bond acceptors (Lipinski definition) is 3. The number of aliphatic hydroxyl groups excluding tert-OH is 1. The average Bonchev–Trinajstić information content (AvgIpc) is 3.03. The lowest BCUT2D eigenvalue weighted by molar-refractivity contribution is -0.125. The molecule has 4 nitrogen and oxygen atoms in total. The predicted molar refractivity (Wildman–Crippen MR) is 59.2 cm³/mol. The standard InChI is InChI=1S/C11H22N2O2/c1-2-3-9(6-12)10(15)13-7-11(8-14)4-5-11/h9,14H,2-8,12H2,1H3,(H,13,15). The molecule has 88 valence electrons. The van der Waals surface area contributed by atoms with Crippen molar-refractivity contribution < 1.29 is 9.90 Å². The van der Waals surface area contributed by atoms with E-state index in [1.165, 1.54) is 0 Å². The molecule has 0 aromatic rings. The highest BCUT2D eigenvalue weighted by atomic mass is 16.3. The summed E-state index contributed by atoms with van der Waals surface area (Å²) in [5.74, 6) is -0.0245. The SMILES string of the molecule is CCCC(CN)C(=O)NCC1(CO)CC1. The fourth-order valence-corrected chi connectivity index (χ4v) is 1.69. The molecule has 1 saturated carbocycles. The van der Waals surface area contributed by atoms with Gasteiger partial charge in [0.25, 0.3) is 0 Å². The second-order valence-corrected chi connectivity index (χ2v) is 4.60. The molecule has 4 heteroatoms. The van der Waals surface area contributed by atoms with Gasteiger partial charge >= 0.3 is 0 Å². The molecule has 0 radical (unpaired) electrons. The molecule has 1 unspecified atom stereocenters. The van der Waals surface area contributed by atoms with Gasteiger partial charge in [-0.25, -0.2) is 0 Å². The zero-order chi connectivity index (χ0) is 11.3. The molecule has 1 aliphatic rings. The van der Waals surface area contributed by atoms with Crippen molar-refractivity contribution in [2.45, 2.75) is 32.6 Å². The van der Waals surface area contributed by atoms with Crippen LogP contribution in [0.1, 0.15) is 32.6 Å². The average molecular weight is 214 g/mol. The molecular weight excluding hydrogens is 192 g/mol. The maximum Gasteiger partial charge on any atom is 0.224 e. The Morgan fingerprint density at radius 1 is 1.60 bits per heavy atom. The third-order valence-corrected chi connectivity index (χ3v) is 3.22. The van der Waals surface area contributed by atoms with Gasteiger partial charge in [0.05, 0.1) is 12.5 Å². The van der Waals surface area contributed by atoms with E-state index in [1.54, 1.807) is 0 Å². The highest BCUT2D eigenvalue weighted by molar-refractivity contribution is 5.78. The van der Waals surface area contributed by atoms with Crippen molar-refractivity contribution in [2.75, 3.05) is 19.7 Å². The summed E-state index contributed by atoms with van der Waals surface area (Å²) in [6.07, 6.45) is 3.85. The highest BCUT2D eigenvalue weighted by Crippen LogP contribution is 2.44. The van der Waals surface area contributed by atoms with E-state index in [9.17, 15) is 4.79 Å². The smallest absolute Gasteiger partial charge is 0.224 e. The maximum absolute atomic E-state index is 11.7. The van der Waals surface area contributed by atoms with Crippen molar-refractivity contribution in [3.63, 3.8) is 0 Å². The van der Waals surface area contributed by atoms with Crippen LogP contribution in [0, 0.1) is 11.3 Å². The Morgan fingerprint density at radius 3 is 2.67 bits per heavy atom. The molecule has 0 heterocycles. The van der Waals surface area contributed by atoms with Gasteiger partial charge in [-0.1, -0.05) is 13.3 Å². The number of hydrogen-bond donors (Lipinski definition) is 3. The first kappa shape index (κ1) is 12.5. The first-order chi connectivity index (χ1) is 7.17. The van der Waals surface area contributed by atoms with E-state index in [1.807, 2.05) is 6.92 Å². The second-order valence-electron chi connectivity index (χ2n) is 4.60. The largest absolute Gasteiger partial charge is 0.396 e. The molecule has 0 aromatic heterocycles. The quantitative estimate of drug-likeness (QED) is 0.568. The minimum absolute atomic E-state index is 0.0129. The molecule has 4 N–H and O–H groups in total. The number of carbonyl (C=O) groups excluding carboxylic acids is 1. The number of amides is 1. The monoisotopic (exact) mass is 214 g/mol. The molecule has 1 rings (SSSR count). The fourth-order valence-electron chi connectivity index (χ4n) is 1.69. The summed E-state index contributed by atoms with van der Waals surface area (Å²) in [5.41, 5.74) is 5.52. The van der Waals surface area contributed by atoms with Gasteiger partial charge in [-0.15, -0.1) is 0 Å². The van der Waals surface area contributed by atoms with Crippen molar-refractivity contribution in [3.05, 3.63) is 0 Å². The molecule has 0 saturated heterocycles. The van der Waals surface area contributed by atoms with E-state index in [-0.39, 0.29) is 23.8 Å². The molecule has 0 aromatic carbocycles. The van der Waals surface area contributed by atoms with Crippen LogP contribution >= 0.6 is 0 Å². The summed E-state index contributed by atoms with van der Waals surface area (Å²) >= 11 is 0. The zero-order valence-corrected chi connectivity index (χ0v) is 9.46. The van der Waals surface area contributed by atoms with Crippen LogP contribution in [0.3, 0.4) is 0 Å². The van der Waals surface area contributed by atoms with Crippen molar-refractivity contribution in [2.24, 2.45) is 17.1 Å². The second kappa shape index (κ2) is 5.47. The third-order valence-electron chi connectivity index (χ3n) is 3.22. The predicted octanol–water partition coefficient (Wildman–Crippen LogP) is 0.250. The van der Waals surface area contributed by atoms with Gasteiger partial charge in [-0.3, -0.25) is 4.79 Å². The maximum atomic E-state index is 11.7. The number of nitrogens with one attached hydrogen (secondary N) is 1. The Hall–Kier alpha value is -0.610. The van der Waals surface area contributed by atoms with Gasteiger partial charge in [0, 0.05) is 18.5 Å². The summed E-state index contributed by atoms with van der Waals surface area (Å²) in [6, 6.07) is 0. The van der Waals surface area contributed by atoms with E-state index in [0.717, 1.165) is 25.7 Å². The van der Waals surface area contributed by atoms with E-state index < -0.39 is 0 Å². The molecule has 0 bridgehead atoms. The molecule has 0 aliphatic heterocycles. The molecule has 0 spiro atoms. The lowest BCUT2D eigenvalue weighted by Crippen LogP contribution is -2.38. The van der Waals surface area contributed by atoms with E-state index in [4.69, 9.17) is 10.8 Å². The number of aliphatic hydroxyl groups is 1. The van der Waals surface area contributed by atoms with Crippen LogP contribution in [-0.2, 0) is 4.79 Å². The van der Waals surface area contributed by atoms with Gasteiger partial charge in [0.2, 0.25) is 5.91 Å². The lowest BCUT2D eigenvalue weighted by atomic mass is 10.0. The number of carbonyl (C=O) groups is 1. The third kappa shape index (κ3) is 3.47. The normalized spacial score (nSPS) is 19.7. The van der Waals surface area contributed by atoms with Crippen molar-refractivity contribution in [1.82, 2.24) is 5.32 Å². The molecular formula is C11H22N2O2. The molecule has 1 fully saturated rings. The minimum atomic E-state index is -0.0653. The lowest BCUT2D eigenvalue weighted by Gasteiger charge is -2.17. The van der Waals surface area contributed by atoms with Gasteiger partial charge in [0.1, 0.15) is 0 Å². The Bertz CT molecular complexity index is 215. The van der Waals surface area contributed by atoms with Crippen LogP contribution in [-0.4, -0.2) is 30.7 Å². The van der Waals surface area contributed by atoms with E-state index >= 15 is 0 Å². The summed E-state index contributed by atoms with van der Waals surface area (Å²) in [4.78, 5) is 11.7. The first-order valence-corrected chi connectivity index (χ1v) is 5.76. The Balaban J connectivity index is 2.27. The van der Waals surface area contributed by atoms with Gasteiger partial charge < -0.3 is 16.2 Å². The van der Waals surface area contributed by atoms with E-state index in [0.29, 0.717) is 13.1 Å². The summed E-state index contributed by atoms with van der Waals surface area (Å²) in [5, 5.41) is 12.0. The minimum Gasteiger partial charge on any atom is -0.396 e. The van der Waals surface area contributed by atoms with Crippen LogP contribution in [0.15, 0.2) is 0 Å². The van der Waals surface area contributed by atoms with Gasteiger partial charge in [-0.2, -0.15) is 0 Å². The highest BCUT2D eigenvalue weighted by Gasteiger charge is 2.42. The molecule has 1 aliphatic carbocycles. The van der Waals surface area contributed by atoms with Crippen molar-refractivity contribution >= 4 is 5.91 Å². The van der Waals surface area contributed by atoms with Crippen LogP contribution in [0.4, 0.5) is 0 Å². The van der Waals surface area contributed by atoms with Crippen LogP contribution in [0.5, 0.6) is 0 Å². The molecule has 1 amide bonds. The topological polar surface area (TPSA) is 75.4 Å². The molecule has 1 atom stereocenters. The first-order valence-electron chi connectivity index (χ1n) is 5.76. The van der Waals surface area contributed by atoms with Crippen LogP contribution in [0.2, 0.25) is 0 Å². The van der Waals surface area contributed by atoms with Crippen LogP contribution < -0.4 is 11.1 Å². The number of nitrogens with two attached hydrogens (primary N) is 1. The fraction of sp³-hybridized carbons (Fsp3) is 0.909. The summed E-state index contributed by atoms with van der Waals surface area (Å²) in [7, 11) is 0. The Kier molecular flexibility index (Phi) is 4.54. The van der Waals surface area contributed by atoms with Gasteiger partial charge in [-0.05, 0) is 19.3 Å². The van der Waals surface area contributed by atoms with Crippen LogP contribution in [0.25, 0.3) is 0 Å². The van der Waals surface area contributed by atoms with Gasteiger partial charge in [0.15, 0.2) is 0 Å². The summed E-state index contributed by atoms with van der Waals surface area (Å²) in [6.45, 7) is 3.23. The zero-order valence-electron chi connectivity index (χ0n) is 9.46. The van der Waals surface area contributed by atoms with E-state index in [2.05, 4.69) is 5.32 Å². The van der Waals surface area contributed by atoms with Crippen molar-refractivity contribution in [3.8, 4) is 0 Å². The number of rotatable bonds is 7. The Morgan fingerprint density at radius 2 is 2.27 bits per heavy atom. The molecule has 15 heavy (non-hydrogen) atoms. The summed E-state index contributed by atoms with van der Waals surface area (Å²) < 4.78 is 0. The Labute approximate surface area is 91.2 Å².